The maximum atomic E-state index is 10.3. The Hall–Kier alpha value is -1.38. The van der Waals surface area contributed by atoms with Gasteiger partial charge in [-0.05, 0) is 41.2 Å². The minimum absolute atomic E-state index is 0.416. The van der Waals surface area contributed by atoms with E-state index in [2.05, 4.69) is 36.5 Å². The number of aliphatic hydroxyl groups is 1. The summed E-state index contributed by atoms with van der Waals surface area (Å²) in [6, 6.07) is 15.1. The second kappa shape index (κ2) is 5.32. The molecule has 2 nitrogen and oxygen atoms in total. The fraction of sp³-hybridized carbons (Fsp3) is 0.412. The van der Waals surface area contributed by atoms with Crippen molar-refractivity contribution in [2.45, 2.75) is 31.9 Å². The predicted molar refractivity (Wildman–Crippen MR) is 79.1 cm³/mol. The zero-order valence-electron chi connectivity index (χ0n) is 11.3. The summed E-state index contributed by atoms with van der Waals surface area (Å²) < 4.78 is 0. The van der Waals surface area contributed by atoms with Crippen molar-refractivity contribution < 1.29 is 5.11 Å². The van der Waals surface area contributed by atoms with Crippen molar-refractivity contribution in [1.29, 1.82) is 0 Å². The van der Waals surface area contributed by atoms with Crippen LogP contribution in [0.1, 0.15) is 31.4 Å². The zero-order valence-corrected chi connectivity index (χ0v) is 11.3. The van der Waals surface area contributed by atoms with E-state index in [4.69, 9.17) is 0 Å². The van der Waals surface area contributed by atoms with Crippen LogP contribution in [-0.4, -0.2) is 17.7 Å². The van der Waals surface area contributed by atoms with E-state index in [0.717, 1.165) is 11.5 Å². The molecule has 2 aromatic carbocycles. The first-order chi connectivity index (χ1) is 9.22. The summed E-state index contributed by atoms with van der Waals surface area (Å²) in [5.41, 5.74) is 0.999. The van der Waals surface area contributed by atoms with Crippen LogP contribution >= 0.6 is 0 Å². The fourth-order valence-corrected chi connectivity index (χ4v) is 2.88. The van der Waals surface area contributed by atoms with Gasteiger partial charge < -0.3 is 10.4 Å². The quantitative estimate of drug-likeness (QED) is 0.879. The van der Waals surface area contributed by atoms with Gasteiger partial charge in [0.15, 0.2) is 0 Å². The predicted octanol–water partition coefficient (Wildman–Crippen LogP) is 3.26. The van der Waals surface area contributed by atoms with Gasteiger partial charge >= 0.3 is 0 Å². The van der Waals surface area contributed by atoms with Crippen LogP contribution in [0.4, 0.5) is 0 Å². The van der Waals surface area contributed by atoms with E-state index in [0.29, 0.717) is 12.6 Å². The monoisotopic (exact) mass is 255 g/mol. The molecule has 2 N–H and O–H groups in total. The third-order valence-electron chi connectivity index (χ3n) is 4.13. The Morgan fingerprint density at radius 3 is 2.63 bits per heavy atom. The number of rotatable bonds is 4. The normalized spacial score (nSPS) is 24.1. The van der Waals surface area contributed by atoms with E-state index < -0.39 is 6.10 Å². The molecule has 0 bridgehead atoms. The van der Waals surface area contributed by atoms with Crippen LogP contribution in [0.2, 0.25) is 0 Å². The highest BCUT2D eigenvalue weighted by molar-refractivity contribution is 5.83. The number of hydrogen-bond donors (Lipinski definition) is 2. The number of fused-ring (bicyclic) bond motifs is 1. The van der Waals surface area contributed by atoms with E-state index in [9.17, 15) is 5.11 Å². The van der Waals surface area contributed by atoms with Crippen molar-refractivity contribution in [3.05, 3.63) is 48.0 Å². The van der Waals surface area contributed by atoms with Gasteiger partial charge in [-0.2, -0.15) is 0 Å². The van der Waals surface area contributed by atoms with Crippen LogP contribution < -0.4 is 5.32 Å². The van der Waals surface area contributed by atoms with Gasteiger partial charge in [0, 0.05) is 12.6 Å². The summed E-state index contributed by atoms with van der Waals surface area (Å²) in [6.07, 6.45) is 2.06. The Labute approximate surface area is 114 Å². The molecule has 0 radical (unpaired) electrons. The van der Waals surface area contributed by atoms with E-state index in [1.165, 1.54) is 23.6 Å². The number of hydrogen-bond acceptors (Lipinski definition) is 2. The highest BCUT2D eigenvalue weighted by Gasteiger charge is 2.25. The topological polar surface area (TPSA) is 32.3 Å². The molecule has 0 aliphatic heterocycles. The highest BCUT2D eigenvalue weighted by atomic mass is 16.3. The molecule has 1 saturated carbocycles. The van der Waals surface area contributed by atoms with Gasteiger partial charge in [0.1, 0.15) is 0 Å². The third-order valence-corrected chi connectivity index (χ3v) is 4.13. The molecular formula is C17H21NO. The van der Waals surface area contributed by atoms with E-state index in [1.807, 2.05) is 18.2 Å². The van der Waals surface area contributed by atoms with Gasteiger partial charge in [0.2, 0.25) is 0 Å². The smallest absolute Gasteiger partial charge is 0.0914 e. The van der Waals surface area contributed by atoms with Gasteiger partial charge in [-0.25, -0.2) is 0 Å². The molecule has 0 heterocycles. The first-order valence-corrected chi connectivity index (χ1v) is 7.12. The standard InChI is InChI=1S/C17H21NO/c1-12-8-16(9-12)18-11-17(19)15-7-6-13-4-2-3-5-14(13)10-15/h2-7,10,12,16-19H,8-9,11H2,1H3. The fourth-order valence-electron chi connectivity index (χ4n) is 2.88. The summed E-state index contributed by atoms with van der Waals surface area (Å²) >= 11 is 0. The molecule has 1 aliphatic carbocycles. The second-order valence-electron chi connectivity index (χ2n) is 5.80. The van der Waals surface area contributed by atoms with Gasteiger partial charge in [-0.15, -0.1) is 0 Å². The van der Waals surface area contributed by atoms with Crippen molar-refractivity contribution in [3.63, 3.8) is 0 Å². The first kappa shape index (κ1) is 12.6. The van der Waals surface area contributed by atoms with Crippen molar-refractivity contribution in [3.8, 4) is 0 Å². The van der Waals surface area contributed by atoms with Gasteiger partial charge in [-0.3, -0.25) is 0 Å². The first-order valence-electron chi connectivity index (χ1n) is 7.12. The maximum Gasteiger partial charge on any atom is 0.0914 e. The minimum atomic E-state index is -0.416. The Balaban J connectivity index is 1.65. The molecule has 0 amide bonds. The zero-order chi connectivity index (χ0) is 13.2. The summed E-state index contributed by atoms with van der Waals surface area (Å²) in [5.74, 6) is 0.843. The highest BCUT2D eigenvalue weighted by Crippen LogP contribution is 2.27. The largest absolute Gasteiger partial charge is 0.387 e. The van der Waals surface area contributed by atoms with Gasteiger partial charge in [0.05, 0.1) is 6.10 Å². The number of aliphatic hydroxyl groups excluding tert-OH is 1. The van der Waals surface area contributed by atoms with Crippen molar-refractivity contribution in [2.24, 2.45) is 5.92 Å². The Kier molecular flexibility index (Phi) is 3.54. The SMILES string of the molecule is CC1CC(NCC(O)c2ccc3ccccc3c2)C1. The summed E-state index contributed by atoms with van der Waals surface area (Å²) in [7, 11) is 0. The van der Waals surface area contributed by atoms with Crippen molar-refractivity contribution in [2.75, 3.05) is 6.54 Å². The van der Waals surface area contributed by atoms with Crippen molar-refractivity contribution in [1.82, 2.24) is 5.32 Å². The Bertz CT molecular complexity index is 560. The van der Waals surface area contributed by atoms with E-state index in [-0.39, 0.29) is 0 Å². The van der Waals surface area contributed by atoms with Crippen LogP contribution in [-0.2, 0) is 0 Å². The molecule has 19 heavy (non-hydrogen) atoms. The molecular weight excluding hydrogens is 234 g/mol. The van der Waals surface area contributed by atoms with Gasteiger partial charge in [0.25, 0.3) is 0 Å². The molecule has 2 aromatic rings. The molecule has 0 aromatic heterocycles. The molecule has 100 valence electrons. The summed E-state index contributed by atoms with van der Waals surface area (Å²) in [5, 5.41) is 16.1. The van der Waals surface area contributed by atoms with Crippen LogP contribution in [0.15, 0.2) is 42.5 Å². The molecule has 1 fully saturated rings. The van der Waals surface area contributed by atoms with Crippen LogP contribution in [0, 0.1) is 5.92 Å². The average Bonchev–Trinajstić information content (AvgIpc) is 2.41. The van der Waals surface area contributed by atoms with Crippen molar-refractivity contribution >= 4 is 10.8 Å². The Morgan fingerprint density at radius 2 is 1.89 bits per heavy atom. The summed E-state index contributed by atoms with van der Waals surface area (Å²) in [6.45, 7) is 2.92. The molecule has 2 heteroatoms. The molecule has 1 unspecified atom stereocenters. The van der Waals surface area contributed by atoms with Gasteiger partial charge in [-0.1, -0.05) is 43.3 Å². The van der Waals surface area contributed by atoms with Crippen LogP contribution in [0.3, 0.4) is 0 Å². The molecule has 3 rings (SSSR count). The lowest BCUT2D eigenvalue weighted by Gasteiger charge is -2.34. The molecule has 1 aliphatic rings. The third kappa shape index (κ3) is 2.80. The molecule has 0 spiro atoms. The lowest BCUT2D eigenvalue weighted by Crippen LogP contribution is -2.41. The second-order valence-corrected chi connectivity index (χ2v) is 5.80. The number of benzene rings is 2. The molecule has 0 saturated heterocycles. The lowest BCUT2D eigenvalue weighted by atomic mass is 9.82. The molecule has 1 atom stereocenters. The van der Waals surface area contributed by atoms with E-state index in [1.54, 1.807) is 0 Å². The van der Waals surface area contributed by atoms with Crippen LogP contribution in [0.5, 0.6) is 0 Å². The number of nitrogens with one attached hydrogen (secondary N) is 1. The average molecular weight is 255 g/mol. The van der Waals surface area contributed by atoms with Crippen LogP contribution in [0.25, 0.3) is 10.8 Å². The lowest BCUT2D eigenvalue weighted by molar-refractivity contribution is 0.150. The van der Waals surface area contributed by atoms with E-state index >= 15 is 0 Å². The maximum absolute atomic E-state index is 10.3. The Morgan fingerprint density at radius 1 is 1.16 bits per heavy atom. The summed E-state index contributed by atoms with van der Waals surface area (Å²) in [4.78, 5) is 0. The minimum Gasteiger partial charge on any atom is -0.387 e.